The normalized spacial score (nSPS) is 11.8. The lowest BCUT2D eigenvalue weighted by Gasteiger charge is -2.07. The number of nitrogens with one attached hydrogen (secondary N) is 2. The van der Waals surface area contributed by atoms with Crippen LogP contribution in [0.2, 0.25) is 0 Å². The first kappa shape index (κ1) is 15.6. The number of aryl methyl sites for hydroxylation is 1. The summed E-state index contributed by atoms with van der Waals surface area (Å²) in [5.74, 6) is -0.358. The fourth-order valence-electron chi connectivity index (χ4n) is 2.03. The molecule has 21 heavy (non-hydrogen) atoms. The molecule has 0 atom stereocenters. The van der Waals surface area contributed by atoms with Crippen LogP contribution in [-0.2, 0) is 23.1 Å². The van der Waals surface area contributed by atoms with Gasteiger partial charge >= 0.3 is 0 Å². The zero-order chi connectivity index (χ0) is 15.5. The van der Waals surface area contributed by atoms with Crippen molar-refractivity contribution in [3.05, 3.63) is 47.0 Å². The third-order valence-corrected chi connectivity index (χ3v) is 4.64. The summed E-state index contributed by atoms with van der Waals surface area (Å²) in [7, 11) is -3.77. The van der Waals surface area contributed by atoms with Crippen molar-refractivity contribution in [1.82, 2.24) is 14.9 Å². The number of aromatic nitrogens is 2. The molecule has 114 valence electrons. The number of aliphatic hydroxyl groups excluding tert-OH is 1. The Morgan fingerprint density at radius 2 is 2.19 bits per heavy atom. The highest BCUT2D eigenvalue weighted by molar-refractivity contribution is 7.89. The van der Waals surface area contributed by atoms with E-state index in [1.54, 1.807) is 19.1 Å². The number of hydrogen-bond donors (Lipinski definition) is 3. The van der Waals surface area contributed by atoms with Crippen LogP contribution in [0.4, 0.5) is 4.39 Å². The van der Waals surface area contributed by atoms with Gasteiger partial charge in [-0.1, -0.05) is 12.1 Å². The largest absolute Gasteiger partial charge is 0.390 e. The van der Waals surface area contributed by atoms with E-state index in [4.69, 9.17) is 5.11 Å². The van der Waals surface area contributed by atoms with Gasteiger partial charge < -0.3 is 5.11 Å². The first-order chi connectivity index (χ1) is 9.94. The van der Waals surface area contributed by atoms with Gasteiger partial charge in [0, 0.05) is 6.54 Å². The highest BCUT2D eigenvalue weighted by Crippen LogP contribution is 2.17. The number of nitrogens with zero attached hydrogens (tertiary/aromatic N) is 1. The van der Waals surface area contributed by atoms with Crippen molar-refractivity contribution in [1.29, 1.82) is 0 Å². The van der Waals surface area contributed by atoms with Crippen LogP contribution in [0.3, 0.4) is 0 Å². The van der Waals surface area contributed by atoms with E-state index in [0.29, 0.717) is 17.7 Å². The Morgan fingerprint density at radius 1 is 1.43 bits per heavy atom. The number of rotatable bonds is 6. The maximum Gasteiger partial charge on any atom is 0.244 e. The van der Waals surface area contributed by atoms with E-state index in [1.807, 2.05) is 0 Å². The molecule has 1 aromatic heterocycles. The summed E-state index contributed by atoms with van der Waals surface area (Å²) in [6.07, 6.45) is 0.363. The van der Waals surface area contributed by atoms with E-state index in [1.165, 1.54) is 12.1 Å². The average molecular weight is 313 g/mol. The van der Waals surface area contributed by atoms with Gasteiger partial charge in [0.2, 0.25) is 10.0 Å². The van der Waals surface area contributed by atoms with Gasteiger partial charge in [-0.2, -0.15) is 5.10 Å². The van der Waals surface area contributed by atoms with E-state index in [9.17, 15) is 12.8 Å². The fraction of sp³-hybridized carbons (Fsp3) is 0.308. The molecule has 0 radical (unpaired) electrons. The molecule has 1 aromatic carbocycles. The maximum absolute atomic E-state index is 13.0. The van der Waals surface area contributed by atoms with Crippen LogP contribution >= 0.6 is 0 Å². The first-order valence-corrected chi connectivity index (χ1v) is 7.81. The third-order valence-electron chi connectivity index (χ3n) is 2.97. The van der Waals surface area contributed by atoms with Gasteiger partial charge in [0.1, 0.15) is 16.4 Å². The van der Waals surface area contributed by atoms with Crippen molar-refractivity contribution < 1.29 is 17.9 Å². The molecule has 2 aromatic rings. The molecule has 8 heteroatoms. The minimum atomic E-state index is -3.77. The van der Waals surface area contributed by atoms with Crippen molar-refractivity contribution in [2.45, 2.75) is 24.8 Å². The topological polar surface area (TPSA) is 95.1 Å². The Morgan fingerprint density at radius 3 is 2.86 bits per heavy atom. The second kappa shape index (κ2) is 6.33. The van der Waals surface area contributed by atoms with Crippen molar-refractivity contribution in [2.24, 2.45) is 0 Å². The molecule has 0 fully saturated rings. The molecular formula is C13H16FN3O3S. The van der Waals surface area contributed by atoms with Crippen molar-refractivity contribution in [2.75, 3.05) is 6.54 Å². The lowest BCUT2D eigenvalue weighted by atomic mass is 10.1. The van der Waals surface area contributed by atoms with Crippen LogP contribution in [0, 0.1) is 12.7 Å². The van der Waals surface area contributed by atoms with Crippen LogP contribution in [0.25, 0.3) is 0 Å². The fourth-order valence-corrected chi connectivity index (χ4v) is 3.41. The second-order valence-corrected chi connectivity index (χ2v) is 6.26. The molecule has 0 spiro atoms. The van der Waals surface area contributed by atoms with Gasteiger partial charge in [0.05, 0.1) is 12.3 Å². The standard InChI is InChI=1S/C13H16FN3O3S/c1-9-13(12(8-18)17-16-9)21(19,20)15-6-5-10-3-2-4-11(14)7-10/h2-4,7,15,18H,5-6,8H2,1H3,(H,16,17). The predicted molar refractivity (Wildman–Crippen MR) is 74.5 cm³/mol. The van der Waals surface area contributed by atoms with Crippen LogP contribution in [0.15, 0.2) is 29.2 Å². The zero-order valence-electron chi connectivity index (χ0n) is 11.4. The van der Waals surface area contributed by atoms with Crippen LogP contribution in [0.1, 0.15) is 17.0 Å². The summed E-state index contributed by atoms with van der Waals surface area (Å²) in [4.78, 5) is -0.0377. The lowest BCUT2D eigenvalue weighted by Crippen LogP contribution is -2.27. The molecule has 0 amide bonds. The molecule has 0 bridgehead atoms. The zero-order valence-corrected chi connectivity index (χ0v) is 12.2. The van der Waals surface area contributed by atoms with Crippen molar-refractivity contribution >= 4 is 10.0 Å². The maximum atomic E-state index is 13.0. The summed E-state index contributed by atoms with van der Waals surface area (Å²) in [5, 5.41) is 15.4. The average Bonchev–Trinajstić information content (AvgIpc) is 2.80. The van der Waals surface area contributed by atoms with Crippen molar-refractivity contribution in [3.8, 4) is 0 Å². The van der Waals surface area contributed by atoms with Crippen molar-refractivity contribution in [3.63, 3.8) is 0 Å². The van der Waals surface area contributed by atoms with E-state index in [0.717, 1.165) is 0 Å². The minimum Gasteiger partial charge on any atom is -0.390 e. The van der Waals surface area contributed by atoms with Gasteiger partial charge in [-0.15, -0.1) is 0 Å². The van der Waals surface area contributed by atoms with Crippen LogP contribution in [0.5, 0.6) is 0 Å². The number of sulfonamides is 1. The van der Waals surface area contributed by atoms with Gasteiger partial charge in [0.25, 0.3) is 0 Å². The first-order valence-electron chi connectivity index (χ1n) is 6.33. The minimum absolute atomic E-state index is 0.0377. The summed E-state index contributed by atoms with van der Waals surface area (Å²) < 4.78 is 39.8. The molecule has 0 aliphatic carbocycles. The molecule has 0 aliphatic rings. The summed E-state index contributed by atoms with van der Waals surface area (Å²) in [6, 6.07) is 5.98. The molecule has 6 nitrogen and oxygen atoms in total. The highest BCUT2D eigenvalue weighted by atomic mass is 32.2. The van der Waals surface area contributed by atoms with Gasteiger partial charge in [0.15, 0.2) is 0 Å². The van der Waals surface area contributed by atoms with Crippen LogP contribution in [-0.4, -0.2) is 30.3 Å². The summed E-state index contributed by atoms with van der Waals surface area (Å²) >= 11 is 0. The van der Waals surface area contributed by atoms with E-state index >= 15 is 0 Å². The predicted octanol–water partition coefficient (Wildman–Crippen LogP) is 0.871. The molecule has 0 saturated heterocycles. The molecule has 3 N–H and O–H groups in total. The Bertz CT molecular complexity index is 728. The third kappa shape index (κ3) is 3.66. The van der Waals surface area contributed by atoms with E-state index in [2.05, 4.69) is 14.9 Å². The number of hydrogen-bond acceptors (Lipinski definition) is 4. The summed E-state index contributed by atoms with van der Waals surface area (Å²) in [6.45, 7) is 1.22. The van der Waals surface area contributed by atoms with Crippen LogP contribution < -0.4 is 4.72 Å². The molecule has 1 heterocycles. The quantitative estimate of drug-likeness (QED) is 0.737. The number of benzene rings is 1. The molecule has 2 rings (SSSR count). The smallest absolute Gasteiger partial charge is 0.244 e. The van der Waals surface area contributed by atoms with E-state index in [-0.39, 0.29) is 23.0 Å². The SMILES string of the molecule is Cc1[nH]nc(CO)c1S(=O)(=O)NCCc1cccc(F)c1. The Hall–Kier alpha value is -1.77. The Labute approximate surface area is 122 Å². The van der Waals surface area contributed by atoms with Gasteiger partial charge in [-0.05, 0) is 31.0 Å². The number of halogens is 1. The van der Waals surface area contributed by atoms with Gasteiger partial charge in [-0.25, -0.2) is 17.5 Å². The molecular weight excluding hydrogens is 297 g/mol. The molecule has 0 unspecified atom stereocenters. The lowest BCUT2D eigenvalue weighted by molar-refractivity contribution is 0.273. The van der Waals surface area contributed by atoms with E-state index < -0.39 is 16.6 Å². The number of H-pyrrole nitrogens is 1. The highest BCUT2D eigenvalue weighted by Gasteiger charge is 2.23. The second-order valence-electron chi connectivity index (χ2n) is 4.56. The van der Waals surface area contributed by atoms with Gasteiger partial charge in [-0.3, -0.25) is 5.10 Å². The summed E-state index contributed by atoms with van der Waals surface area (Å²) in [5.41, 5.74) is 1.13. The number of aliphatic hydroxyl groups is 1. The Balaban J connectivity index is 2.06. The molecule has 0 saturated carbocycles. The Kier molecular flexibility index (Phi) is 4.71. The number of aromatic amines is 1. The molecule has 0 aliphatic heterocycles. The monoisotopic (exact) mass is 313 g/mol.